The monoisotopic (exact) mass is 287 g/mol. The van der Waals surface area contributed by atoms with Crippen LogP contribution in [0.1, 0.15) is 26.0 Å². The Balaban J connectivity index is 2.44. The number of piperidine rings is 1. The second kappa shape index (κ2) is 4.47. The van der Waals surface area contributed by atoms with Gasteiger partial charge in [-0.25, -0.2) is 0 Å². The molecule has 0 aromatic carbocycles. The molecule has 2 heterocycles. The molecule has 1 aliphatic rings. The van der Waals surface area contributed by atoms with Crippen LogP contribution in [0.3, 0.4) is 0 Å². The van der Waals surface area contributed by atoms with Crippen molar-refractivity contribution in [3.63, 3.8) is 0 Å². The fraction of sp³-hybridized carbons (Fsp3) is 0.727. The lowest BCUT2D eigenvalue weighted by Crippen LogP contribution is -2.48. The van der Waals surface area contributed by atoms with E-state index in [9.17, 15) is 5.11 Å². The van der Waals surface area contributed by atoms with Crippen molar-refractivity contribution in [1.29, 1.82) is 0 Å². The van der Waals surface area contributed by atoms with Crippen LogP contribution in [0.4, 0.5) is 0 Å². The second-order valence-electron chi connectivity index (χ2n) is 4.44. The average Bonchev–Trinajstić information content (AvgIpc) is 2.64. The molecule has 1 fully saturated rings. The number of hydrogen-bond donors (Lipinski definition) is 2. The van der Waals surface area contributed by atoms with Crippen molar-refractivity contribution in [1.82, 2.24) is 15.1 Å². The molecular weight excluding hydrogens is 270 g/mol. The molecule has 0 radical (unpaired) electrons. The van der Waals surface area contributed by atoms with E-state index in [2.05, 4.69) is 33.3 Å². The molecule has 90 valence electrons. The van der Waals surface area contributed by atoms with E-state index in [1.54, 1.807) is 6.20 Å². The molecule has 2 unspecified atom stereocenters. The number of halogens is 1. The molecule has 16 heavy (non-hydrogen) atoms. The molecule has 0 aliphatic carbocycles. The maximum Gasteiger partial charge on any atom is 0.112 e. The highest BCUT2D eigenvalue weighted by molar-refractivity contribution is 9.10. The van der Waals surface area contributed by atoms with Gasteiger partial charge < -0.3 is 10.4 Å². The van der Waals surface area contributed by atoms with Gasteiger partial charge >= 0.3 is 0 Å². The Morgan fingerprint density at radius 1 is 1.75 bits per heavy atom. The first kappa shape index (κ1) is 12.1. The molecular formula is C11H18BrN3O. The Morgan fingerprint density at radius 3 is 3.12 bits per heavy atom. The summed E-state index contributed by atoms with van der Waals surface area (Å²) in [6.07, 6.45) is 2.50. The molecule has 0 saturated carbocycles. The first-order valence-electron chi connectivity index (χ1n) is 5.74. The van der Waals surface area contributed by atoms with Gasteiger partial charge in [-0.1, -0.05) is 6.92 Å². The van der Waals surface area contributed by atoms with Gasteiger partial charge in [0.15, 0.2) is 0 Å². The number of hydrogen-bond acceptors (Lipinski definition) is 3. The fourth-order valence-electron chi connectivity index (χ4n) is 2.40. The van der Waals surface area contributed by atoms with E-state index in [1.807, 2.05) is 11.6 Å². The number of aromatic nitrogens is 2. The standard InChI is InChI=1S/C11H18BrN3O/c1-3-15-10(9(12)7-14-15)11(16)4-5-13-6-8(11)2/h7-8,13,16H,3-6H2,1-2H3. The Kier molecular flexibility index (Phi) is 3.37. The first-order chi connectivity index (χ1) is 7.59. The van der Waals surface area contributed by atoms with Crippen LogP contribution in [-0.4, -0.2) is 28.0 Å². The van der Waals surface area contributed by atoms with Crippen LogP contribution in [0.25, 0.3) is 0 Å². The predicted molar refractivity (Wildman–Crippen MR) is 66.1 cm³/mol. The largest absolute Gasteiger partial charge is 0.383 e. The van der Waals surface area contributed by atoms with Crippen molar-refractivity contribution in [3.05, 3.63) is 16.4 Å². The van der Waals surface area contributed by atoms with Crippen LogP contribution in [0, 0.1) is 5.92 Å². The molecule has 1 aromatic rings. The Labute approximate surface area is 104 Å². The van der Waals surface area contributed by atoms with Gasteiger partial charge in [0.05, 0.1) is 16.4 Å². The van der Waals surface area contributed by atoms with E-state index in [0.29, 0.717) is 0 Å². The third-order valence-electron chi connectivity index (χ3n) is 3.45. The van der Waals surface area contributed by atoms with Gasteiger partial charge in [0, 0.05) is 19.0 Å². The summed E-state index contributed by atoms with van der Waals surface area (Å²) in [5.41, 5.74) is 0.153. The SMILES string of the molecule is CCn1ncc(Br)c1C1(O)CCNCC1C. The molecule has 0 spiro atoms. The fourth-order valence-corrected chi connectivity index (χ4v) is 3.04. The van der Waals surface area contributed by atoms with Crippen molar-refractivity contribution >= 4 is 15.9 Å². The van der Waals surface area contributed by atoms with E-state index in [1.165, 1.54) is 0 Å². The Bertz CT molecular complexity index is 379. The van der Waals surface area contributed by atoms with E-state index < -0.39 is 5.60 Å². The van der Waals surface area contributed by atoms with Crippen molar-refractivity contribution in [2.75, 3.05) is 13.1 Å². The molecule has 5 heteroatoms. The van der Waals surface area contributed by atoms with Crippen LogP contribution < -0.4 is 5.32 Å². The predicted octanol–water partition coefficient (Wildman–Crippen LogP) is 1.48. The first-order valence-corrected chi connectivity index (χ1v) is 6.53. The normalized spacial score (nSPS) is 30.6. The number of nitrogens with zero attached hydrogens (tertiary/aromatic N) is 2. The Hall–Kier alpha value is -0.390. The quantitative estimate of drug-likeness (QED) is 0.866. The van der Waals surface area contributed by atoms with Gasteiger partial charge in [-0.3, -0.25) is 4.68 Å². The molecule has 0 amide bonds. The minimum Gasteiger partial charge on any atom is -0.383 e. The number of aryl methyl sites for hydroxylation is 1. The second-order valence-corrected chi connectivity index (χ2v) is 5.29. The molecule has 0 bridgehead atoms. The molecule has 1 saturated heterocycles. The molecule has 4 nitrogen and oxygen atoms in total. The third-order valence-corrected chi connectivity index (χ3v) is 4.03. The molecule has 1 aliphatic heterocycles. The number of nitrogens with one attached hydrogen (secondary N) is 1. The summed E-state index contributed by atoms with van der Waals surface area (Å²) >= 11 is 3.49. The number of aliphatic hydroxyl groups is 1. The van der Waals surface area contributed by atoms with Crippen molar-refractivity contribution in [3.8, 4) is 0 Å². The number of rotatable bonds is 2. The van der Waals surface area contributed by atoms with Crippen LogP contribution in [0.15, 0.2) is 10.7 Å². The molecule has 2 N–H and O–H groups in total. The van der Waals surface area contributed by atoms with Gasteiger partial charge in [-0.2, -0.15) is 5.10 Å². The van der Waals surface area contributed by atoms with Crippen LogP contribution in [0.5, 0.6) is 0 Å². The highest BCUT2D eigenvalue weighted by Crippen LogP contribution is 2.38. The van der Waals surface area contributed by atoms with Gasteiger partial charge in [-0.05, 0) is 35.8 Å². The van der Waals surface area contributed by atoms with E-state index in [-0.39, 0.29) is 5.92 Å². The summed E-state index contributed by atoms with van der Waals surface area (Å²) in [5.74, 6) is 0.194. The average molecular weight is 288 g/mol. The maximum absolute atomic E-state index is 10.9. The lowest BCUT2D eigenvalue weighted by molar-refractivity contribution is -0.0470. The van der Waals surface area contributed by atoms with Gasteiger partial charge in [-0.15, -0.1) is 0 Å². The van der Waals surface area contributed by atoms with Gasteiger partial charge in [0.2, 0.25) is 0 Å². The highest BCUT2D eigenvalue weighted by atomic mass is 79.9. The topological polar surface area (TPSA) is 50.1 Å². The zero-order valence-corrected chi connectivity index (χ0v) is 11.3. The lowest BCUT2D eigenvalue weighted by atomic mass is 9.80. The minimum absolute atomic E-state index is 0.194. The summed E-state index contributed by atoms with van der Waals surface area (Å²) in [7, 11) is 0. The summed E-state index contributed by atoms with van der Waals surface area (Å²) in [6.45, 7) is 6.59. The Morgan fingerprint density at radius 2 is 2.50 bits per heavy atom. The van der Waals surface area contributed by atoms with Gasteiger partial charge in [0.1, 0.15) is 5.60 Å². The smallest absolute Gasteiger partial charge is 0.112 e. The minimum atomic E-state index is -0.767. The van der Waals surface area contributed by atoms with Crippen LogP contribution >= 0.6 is 15.9 Å². The lowest BCUT2D eigenvalue weighted by Gasteiger charge is -2.39. The molecule has 2 rings (SSSR count). The third kappa shape index (κ3) is 1.81. The maximum atomic E-state index is 10.9. The molecule has 1 aromatic heterocycles. The van der Waals surface area contributed by atoms with E-state index >= 15 is 0 Å². The summed E-state index contributed by atoms with van der Waals surface area (Å²) in [6, 6.07) is 0. The van der Waals surface area contributed by atoms with Crippen LogP contribution in [0.2, 0.25) is 0 Å². The van der Waals surface area contributed by atoms with E-state index in [0.717, 1.165) is 36.2 Å². The van der Waals surface area contributed by atoms with E-state index in [4.69, 9.17) is 0 Å². The summed E-state index contributed by atoms with van der Waals surface area (Å²) < 4.78 is 2.79. The van der Waals surface area contributed by atoms with Crippen LogP contribution in [-0.2, 0) is 12.1 Å². The van der Waals surface area contributed by atoms with Crippen molar-refractivity contribution in [2.45, 2.75) is 32.4 Å². The van der Waals surface area contributed by atoms with Gasteiger partial charge in [0.25, 0.3) is 0 Å². The summed E-state index contributed by atoms with van der Waals surface area (Å²) in [4.78, 5) is 0. The van der Waals surface area contributed by atoms with Crippen molar-refractivity contribution < 1.29 is 5.11 Å². The van der Waals surface area contributed by atoms with Crippen molar-refractivity contribution in [2.24, 2.45) is 5.92 Å². The summed E-state index contributed by atoms with van der Waals surface area (Å²) in [5, 5.41) is 18.4. The zero-order valence-electron chi connectivity index (χ0n) is 9.70. The molecule has 2 atom stereocenters. The highest BCUT2D eigenvalue weighted by Gasteiger charge is 2.41. The zero-order chi connectivity index (χ0) is 11.8.